The van der Waals surface area contributed by atoms with Crippen LogP contribution in [0.5, 0.6) is 0 Å². The largest absolute Gasteiger partial charge is 0.394 e. The molecular weight excluding hydrogens is 927 g/mol. The summed E-state index contributed by atoms with van der Waals surface area (Å²) >= 11 is 0. The number of ether oxygens (including phenoxy) is 6. The molecule has 0 aromatic carbocycles. The van der Waals surface area contributed by atoms with Crippen LogP contribution >= 0.6 is 0 Å². The second-order valence-electron chi connectivity index (χ2n) is 19.7. The van der Waals surface area contributed by atoms with Crippen LogP contribution in [-0.2, 0) is 33.2 Å². The average molecular weight is 1020 g/mol. The number of allylic oxidation sites excluding steroid dienone is 3. The Morgan fingerprint density at radius 1 is 0.493 bits per heavy atom. The van der Waals surface area contributed by atoms with E-state index >= 15 is 0 Å². The van der Waals surface area contributed by atoms with Crippen LogP contribution in [0, 0.1) is 0 Å². The van der Waals surface area contributed by atoms with Crippen molar-refractivity contribution in [3.8, 4) is 0 Å². The fourth-order valence-corrected chi connectivity index (χ4v) is 9.18. The number of carbonyl (C=O) groups is 1. The summed E-state index contributed by atoms with van der Waals surface area (Å²) in [6, 6.07) is -0.981. The molecule has 416 valence electrons. The third-order valence-electron chi connectivity index (χ3n) is 13.8. The summed E-state index contributed by atoms with van der Waals surface area (Å²) in [6.45, 7) is 1.42. The van der Waals surface area contributed by atoms with E-state index in [-0.39, 0.29) is 18.9 Å². The van der Waals surface area contributed by atoms with Gasteiger partial charge in [0.1, 0.15) is 73.2 Å². The number of unbranched alkanes of at least 4 members (excludes halogenated alkanes) is 20. The number of hydrogen-bond donors (Lipinski definition) is 12. The molecule has 3 heterocycles. The van der Waals surface area contributed by atoms with E-state index < -0.39 is 124 Å². The van der Waals surface area contributed by atoms with E-state index in [1.165, 1.54) is 109 Å². The molecule has 71 heavy (non-hydrogen) atoms. The quantitative estimate of drug-likeness (QED) is 0.0313. The fraction of sp³-hybridized carbons (Fsp3) is 0.904. The number of aliphatic hydroxyl groups is 11. The molecule has 3 rings (SSSR count). The standard InChI is InChI=1S/C52H95NO18/c1-3-5-7-8-9-10-11-12-13-14-15-16-17-18-19-20-21-22-23-24-25-26-27-28-29-36(57)35(53-40(58)30-6-4-2)34-66-50-46(64)43(61)48(38(32-55)68-50)71-52-47(65)44(62)49(39(33-56)69-52)70-51-45(63)42(60)41(59)37(31-54)67-51/h24-25,28-29,35-39,41-52,54-57,59-65H,3-23,26-27,30-34H2,1-2H3,(H,53,58)/b25-24+,29-28+. The summed E-state index contributed by atoms with van der Waals surface area (Å²) in [6.07, 6.45) is 9.22. The molecule has 0 spiro atoms. The monoisotopic (exact) mass is 1020 g/mol. The number of nitrogens with one attached hydrogen (secondary N) is 1. The van der Waals surface area contributed by atoms with Crippen LogP contribution in [0.1, 0.15) is 168 Å². The van der Waals surface area contributed by atoms with Gasteiger partial charge in [0.15, 0.2) is 18.9 Å². The van der Waals surface area contributed by atoms with E-state index in [0.29, 0.717) is 12.8 Å². The zero-order chi connectivity index (χ0) is 52.0. The Morgan fingerprint density at radius 3 is 1.39 bits per heavy atom. The number of amides is 1. The molecule has 12 N–H and O–H groups in total. The van der Waals surface area contributed by atoms with Crippen molar-refractivity contribution in [3.63, 3.8) is 0 Å². The molecule has 3 aliphatic heterocycles. The van der Waals surface area contributed by atoms with E-state index in [0.717, 1.165) is 25.7 Å². The molecule has 0 aromatic heterocycles. The minimum Gasteiger partial charge on any atom is -0.394 e. The van der Waals surface area contributed by atoms with Gasteiger partial charge in [0.05, 0.1) is 38.6 Å². The SMILES string of the molecule is CCCCCCCCCCCCCCCCCCCC/C=C/CC/C=C/C(O)C(COC1OC(CO)C(OC2OC(CO)C(OC3OC(CO)C(O)C(O)C3O)C(O)C2O)C(O)C1O)NC(=O)CCCC. The Morgan fingerprint density at radius 2 is 0.901 bits per heavy atom. The van der Waals surface area contributed by atoms with Gasteiger partial charge in [-0.3, -0.25) is 4.79 Å². The van der Waals surface area contributed by atoms with Gasteiger partial charge in [0, 0.05) is 6.42 Å². The topological polar surface area (TPSA) is 307 Å². The molecule has 0 bridgehead atoms. The van der Waals surface area contributed by atoms with Gasteiger partial charge < -0.3 is 89.9 Å². The molecule has 3 saturated heterocycles. The van der Waals surface area contributed by atoms with Gasteiger partial charge in [-0.25, -0.2) is 0 Å². The lowest BCUT2D eigenvalue weighted by Gasteiger charge is -2.48. The van der Waals surface area contributed by atoms with E-state index in [9.17, 15) is 61.0 Å². The lowest BCUT2D eigenvalue weighted by molar-refractivity contribution is -0.379. The Kier molecular flexibility index (Phi) is 33.2. The van der Waals surface area contributed by atoms with Gasteiger partial charge in [-0.2, -0.15) is 0 Å². The van der Waals surface area contributed by atoms with Gasteiger partial charge in [0.25, 0.3) is 0 Å². The van der Waals surface area contributed by atoms with Crippen molar-refractivity contribution >= 4 is 5.91 Å². The molecule has 0 saturated carbocycles. The Balaban J connectivity index is 1.40. The highest BCUT2D eigenvalue weighted by atomic mass is 16.8. The van der Waals surface area contributed by atoms with Crippen LogP contribution in [-0.4, -0.2) is 193 Å². The summed E-state index contributed by atoms with van der Waals surface area (Å²) in [5, 5.41) is 119. The predicted molar refractivity (Wildman–Crippen MR) is 263 cm³/mol. The first kappa shape index (κ1) is 63.6. The van der Waals surface area contributed by atoms with E-state index in [2.05, 4.69) is 24.4 Å². The van der Waals surface area contributed by atoms with Gasteiger partial charge >= 0.3 is 0 Å². The van der Waals surface area contributed by atoms with Crippen molar-refractivity contribution in [2.75, 3.05) is 26.4 Å². The molecule has 0 aliphatic carbocycles. The highest BCUT2D eigenvalue weighted by molar-refractivity contribution is 5.76. The summed E-state index contributed by atoms with van der Waals surface area (Å²) in [5.74, 6) is -0.322. The maximum atomic E-state index is 12.8. The number of rotatable bonds is 38. The predicted octanol–water partition coefficient (Wildman–Crippen LogP) is 2.81. The van der Waals surface area contributed by atoms with Crippen molar-refractivity contribution in [2.24, 2.45) is 0 Å². The van der Waals surface area contributed by atoms with E-state index in [4.69, 9.17) is 28.4 Å². The summed E-state index contributed by atoms with van der Waals surface area (Å²) in [4.78, 5) is 12.8. The van der Waals surface area contributed by atoms with Crippen molar-refractivity contribution < 1.29 is 89.4 Å². The highest BCUT2D eigenvalue weighted by Crippen LogP contribution is 2.33. The third kappa shape index (κ3) is 22.6. The molecule has 3 fully saturated rings. The zero-order valence-corrected chi connectivity index (χ0v) is 42.7. The van der Waals surface area contributed by atoms with Crippen LogP contribution in [0.15, 0.2) is 24.3 Å². The van der Waals surface area contributed by atoms with Crippen LogP contribution < -0.4 is 5.32 Å². The Hall–Kier alpha value is -1.73. The maximum absolute atomic E-state index is 12.8. The fourth-order valence-electron chi connectivity index (χ4n) is 9.18. The first-order valence-corrected chi connectivity index (χ1v) is 27.1. The number of hydrogen-bond acceptors (Lipinski definition) is 18. The summed E-state index contributed by atoms with van der Waals surface area (Å²) in [7, 11) is 0. The maximum Gasteiger partial charge on any atom is 0.220 e. The molecule has 19 heteroatoms. The van der Waals surface area contributed by atoms with Crippen molar-refractivity contribution in [1.29, 1.82) is 0 Å². The first-order valence-electron chi connectivity index (χ1n) is 27.1. The lowest BCUT2D eigenvalue weighted by atomic mass is 9.96. The van der Waals surface area contributed by atoms with Crippen LogP contribution in [0.2, 0.25) is 0 Å². The second-order valence-corrected chi connectivity index (χ2v) is 19.7. The van der Waals surface area contributed by atoms with Crippen LogP contribution in [0.25, 0.3) is 0 Å². The van der Waals surface area contributed by atoms with E-state index in [1.807, 2.05) is 13.0 Å². The van der Waals surface area contributed by atoms with Gasteiger partial charge in [-0.05, 0) is 32.1 Å². The molecular formula is C52H95NO18. The normalized spacial score (nSPS) is 32.4. The molecule has 0 aromatic rings. The minimum absolute atomic E-state index is 0.210. The smallest absolute Gasteiger partial charge is 0.220 e. The molecule has 0 radical (unpaired) electrons. The van der Waals surface area contributed by atoms with Gasteiger partial charge in [-0.15, -0.1) is 0 Å². The zero-order valence-electron chi connectivity index (χ0n) is 42.7. The number of carbonyl (C=O) groups excluding carboxylic acids is 1. The van der Waals surface area contributed by atoms with E-state index in [1.54, 1.807) is 6.08 Å². The Labute approximate surface area is 422 Å². The summed E-state index contributed by atoms with van der Waals surface area (Å²) < 4.78 is 33.9. The minimum atomic E-state index is -1.98. The average Bonchev–Trinajstić information content (AvgIpc) is 3.37. The van der Waals surface area contributed by atoms with Crippen LogP contribution in [0.4, 0.5) is 0 Å². The first-order chi connectivity index (χ1) is 34.3. The van der Waals surface area contributed by atoms with Crippen molar-refractivity contribution in [3.05, 3.63) is 24.3 Å². The molecule has 3 aliphatic rings. The van der Waals surface area contributed by atoms with Crippen LogP contribution in [0.3, 0.4) is 0 Å². The summed E-state index contributed by atoms with van der Waals surface area (Å²) in [5.41, 5.74) is 0. The van der Waals surface area contributed by atoms with Gasteiger partial charge in [-0.1, -0.05) is 154 Å². The second kappa shape index (κ2) is 37.1. The number of aliphatic hydroxyl groups excluding tert-OH is 11. The Bertz CT molecular complexity index is 1410. The molecule has 17 unspecified atom stereocenters. The van der Waals surface area contributed by atoms with Gasteiger partial charge in [0.2, 0.25) is 5.91 Å². The molecule has 19 nitrogen and oxygen atoms in total. The lowest BCUT2D eigenvalue weighted by Crippen LogP contribution is -2.66. The molecule has 1 amide bonds. The van der Waals surface area contributed by atoms with Crippen molar-refractivity contribution in [2.45, 2.75) is 272 Å². The molecule has 17 atom stereocenters. The third-order valence-corrected chi connectivity index (χ3v) is 13.8. The van der Waals surface area contributed by atoms with Crippen molar-refractivity contribution in [1.82, 2.24) is 5.32 Å². The highest BCUT2D eigenvalue weighted by Gasteiger charge is 2.53.